The summed E-state index contributed by atoms with van der Waals surface area (Å²) in [5, 5.41) is 12.6. The summed E-state index contributed by atoms with van der Waals surface area (Å²) in [5.74, 6) is 0.929. The number of nitrogens with one attached hydrogen (secondary N) is 1. The van der Waals surface area contributed by atoms with Crippen LogP contribution < -0.4 is 5.32 Å². The summed E-state index contributed by atoms with van der Waals surface area (Å²) in [7, 11) is 1.99. The van der Waals surface area contributed by atoms with Crippen LogP contribution in [0.15, 0.2) is 34.3 Å². The lowest BCUT2D eigenvalue weighted by atomic mass is 10.1. The van der Waals surface area contributed by atoms with Gasteiger partial charge in [-0.25, -0.2) is 0 Å². The Morgan fingerprint density at radius 3 is 2.30 bits per heavy atom. The van der Waals surface area contributed by atoms with E-state index in [2.05, 4.69) is 60.6 Å². The average Bonchev–Trinajstić information content (AvgIpc) is 2.69. The Hall–Kier alpha value is -1.33. The van der Waals surface area contributed by atoms with Crippen LogP contribution in [0.2, 0.25) is 0 Å². The molecule has 108 valence electrons. The molecule has 0 aliphatic heterocycles. The fourth-order valence-corrected chi connectivity index (χ4v) is 2.46. The van der Waals surface area contributed by atoms with Crippen LogP contribution in [0.4, 0.5) is 0 Å². The van der Waals surface area contributed by atoms with Gasteiger partial charge in [-0.05, 0) is 57.2 Å². The summed E-state index contributed by atoms with van der Waals surface area (Å²) in [6, 6.07) is 8.58. The van der Waals surface area contributed by atoms with Crippen LogP contribution in [0, 0.1) is 6.92 Å². The maximum Gasteiger partial charge on any atom is 0.195 e. The molecule has 4 nitrogen and oxygen atoms in total. The van der Waals surface area contributed by atoms with Gasteiger partial charge in [0.05, 0.1) is 0 Å². The smallest absolute Gasteiger partial charge is 0.195 e. The fourth-order valence-electron chi connectivity index (χ4n) is 1.62. The van der Waals surface area contributed by atoms with Crippen molar-refractivity contribution in [1.29, 1.82) is 0 Å². The van der Waals surface area contributed by atoms with E-state index in [4.69, 9.17) is 0 Å². The molecule has 1 aromatic carbocycles. The number of hydrogen-bond acceptors (Lipinski definition) is 4. The van der Waals surface area contributed by atoms with Crippen molar-refractivity contribution in [2.75, 3.05) is 0 Å². The van der Waals surface area contributed by atoms with Gasteiger partial charge in [0, 0.05) is 24.0 Å². The van der Waals surface area contributed by atoms with Gasteiger partial charge in [-0.2, -0.15) is 0 Å². The van der Waals surface area contributed by atoms with Crippen LogP contribution in [0.5, 0.6) is 0 Å². The van der Waals surface area contributed by atoms with Crippen molar-refractivity contribution in [1.82, 2.24) is 20.1 Å². The van der Waals surface area contributed by atoms with E-state index in [0.717, 1.165) is 17.5 Å². The molecule has 0 spiro atoms. The minimum atomic E-state index is 0.142. The van der Waals surface area contributed by atoms with Crippen LogP contribution in [0.1, 0.15) is 32.2 Å². The molecule has 0 atom stereocenters. The third-order valence-electron chi connectivity index (χ3n) is 3.01. The van der Waals surface area contributed by atoms with E-state index in [1.54, 1.807) is 11.8 Å². The van der Waals surface area contributed by atoms with E-state index in [1.165, 1.54) is 10.5 Å². The maximum atomic E-state index is 4.17. The Morgan fingerprint density at radius 1 is 1.15 bits per heavy atom. The highest BCUT2D eigenvalue weighted by Gasteiger charge is 2.09. The van der Waals surface area contributed by atoms with Crippen molar-refractivity contribution in [2.24, 2.45) is 7.05 Å². The van der Waals surface area contributed by atoms with Gasteiger partial charge in [0.15, 0.2) is 5.16 Å². The largest absolute Gasteiger partial charge is 0.309 e. The number of hydrogen-bond donors (Lipinski definition) is 1. The summed E-state index contributed by atoms with van der Waals surface area (Å²) in [4.78, 5) is 1.18. The molecule has 5 heteroatoms. The van der Waals surface area contributed by atoms with Gasteiger partial charge in [0.1, 0.15) is 5.82 Å². The second-order valence-corrected chi connectivity index (χ2v) is 6.98. The third kappa shape index (κ3) is 4.08. The molecule has 2 aromatic rings. The molecule has 0 saturated heterocycles. The van der Waals surface area contributed by atoms with Crippen LogP contribution >= 0.6 is 11.8 Å². The van der Waals surface area contributed by atoms with E-state index >= 15 is 0 Å². The Morgan fingerprint density at radius 2 is 1.80 bits per heavy atom. The molecule has 1 heterocycles. The summed E-state index contributed by atoms with van der Waals surface area (Å²) in [6.45, 7) is 9.37. The normalized spacial score (nSPS) is 11.8. The third-order valence-corrected chi connectivity index (χ3v) is 4.05. The fraction of sp³-hybridized carbons (Fsp3) is 0.467. The van der Waals surface area contributed by atoms with Crippen LogP contribution in [-0.4, -0.2) is 20.3 Å². The zero-order valence-electron chi connectivity index (χ0n) is 12.8. The van der Waals surface area contributed by atoms with Crippen LogP contribution in [-0.2, 0) is 13.6 Å². The van der Waals surface area contributed by atoms with Gasteiger partial charge in [-0.3, -0.25) is 0 Å². The number of aromatic nitrogens is 3. The molecule has 0 unspecified atom stereocenters. The maximum absolute atomic E-state index is 4.17. The molecular weight excluding hydrogens is 268 g/mol. The molecule has 1 N–H and O–H groups in total. The number of nitrogens with zero attached hydrogens (tertiary/aromatic N) is 3. The van der Waals surface area contributed by atoms with Crippen LogP contribution in [0.25, 0.3) is 0 Å². The van der Waals surface area contributed by atoms with E-state index in [1.807, 2.05) is 18.5 Å². The lowest BCUT2D eigenvalue weighted by Crippen LogP contribution is -2.35. The lowest BCUT2D eigenvalue weighted by molar-refractivity contribution is 0.424. The minimum absolute atomic E-state index is 0.142. The first-order valence-corrected chi connectivity index (χ1v) is 7.54. The zero-order valence-corrected chi connectivity index (χ0v) is 13.6. The number of aryl methyl sites for hydroxylation is 1. The number of benzene rings is 1. The lowest BCUT2D eigenvalue weighted by Gasteiger charge is -2.20. The first kappa shape index (κ1) is 15.1. The summed E-state index contributed by atoms with van der Waals surface area (Å²) >= 11 is 1.64. The van der Waals surface area contributed by atoms with Gasteiger partial charge < -0.3 is 9.88 Å². The average molecular weight is 290 g/mol. The Kier molecular flexibility index (Phi) is 4.50. The quantitative estimate of drug-likeness (QED) is 0.939. The minimum Gasteiger partial charge on any atom is -0.309 e. The molecule has 0 saturated carbocycles. The molecule has 20 heavy (non-hydrogen) atoms. The molecule has 0 aliphatic carbocycles. The predicted octanol–water partition coefficient (Wildman–Crippen LogP) is 3.16. The van der Waals surface area contributed by atoms with E-state index in [-0.39, 0.29) is 5.54 Å². The molecular formula is C15H22N4S. The van der Waals surface area contributed by atoms with Gasteiger partial charge >= 0.3 is 0 Å². The van der Waals surface area contributed by atoms with E-state index < -0.39 is 0 Å². The van der Waals surface area contributed by atoms with E-state index in [9.17, 15) is 0 Å². The predicted molar refractivity (Wildman–Crippen MR) is 82.9 cm³/mol. The Bertz CT molecular complexity index is 567. The molecule has 2 rings (SSSR count). The van der Waals surface area contributed by atoms with Crippen molar-refractivity contribution in [3.05, 3.63) is 35.7 Å². The highest BCUT2D eigenvalue weighted by Crippen LogP contribution is 2.26. The first-order chi connectivity index (χ1) is 9.35. The second kappa shape index (κ2) is 5.97. The monoisotopic (exact) mass is 290 g/mol. The van der Waals surface area contributed by atoms with Gasteiger partial charge in [0.2, 0.25) is 0 Å². The molecule has 1 aromatic heterocycles. The van der Waals surface area contributed by atoms with Crippen molar-refractivity contribution in [3.63, 3.8) is 0 Å². The standard InChI is InChI=1S/C15H22N4S/c1-11-17-18-14(19(11)5)20-13-8-6-12(7-9-13)10-16-15(2,3)4/h6-9,16H,10H2,1-5H3. The van der Waals surface area contributed by atoms with Gasteiger partial charge in [-0.15, -0.1) is 10.2 Å². The van der Waals surface area contributed by atoms with Crippen molar-refractivity contribution >= 4 is 11.8 Å². The highest BCUT2D eigenvalue weighted by molar-refractivity contribution is 7.99. The summed E-state index contributed by atoms with van der Waals surface area (Å²) < 4.78 is 2.00. The Balaban J connectivity index is 2.00. The molecule has 0 amide bonds. The van der Waals surface area contributed by atoms with E-state index in [0.29, 0.717) is 0 Å². The first-order valence-electron chi connectivity index (χ1n) is 6.73. The molecule has 0 bridgehead atoms. The zero-order chi connectivity index (χ0) is 14.8. The van der Waals surface area contributed by atoms with Gasteiger partial charge in [-0.1, -0.05) is 12.1 Å². The Labute approximate surface area is 125 Å². The number of rotatable bonds is 4. The second-order valence-electron chi connectivity index (χ2n) is 5.94. The van der Waals surface area contributed by atoms with Crippen molar-refractivity contribution in [2.45, 2.75) is 49.8 Å². The highest BCUT2D eigenvalue weighted by atomic mass is 32.2. The van der Waals surface area contributed by atoms with Crippen LogP contribution in [0.3, 0.4) is 0 Å². The van der Waals surface area contributed by atoms with Crippen molar-refractivity contribution in [3.8, 4) is 0 Å². The molecule has 0 fully saturated rings. The van der Waals surface area contributed by atoms with Gasteiger partial charge in [0.25, 0.3) is 0 Å². The SMILES string of the molecule is Cc1nnc(Sc2ccc(CNC(C)(C)C)cc2)n1C. The molecule has 0 aliphatic rings. The van der Waals surface area contributed by atoms with Crippen molar-refractivity contribution < 1.29 is 0 Å². The molecule has 0 radical (unpaired) electrons. The topological polar surface area (TPSA) is 42.7 Å². The summed E-state index contributed by atoms with van der Waals surface area (Å²) in [5.41, 5.74) is 1.43. The summed E-state index contributed by atoms with van der Waals surface area (Å²) in [6.07, 6.45) is 0.